The summed E-state index contributed by atoms with van der Waals surface area (Å²) < 4.78 is 63.4. The average molecular weight is 388 g/mol. The Kier molecular flexibility index (Phi) is 5.01. The minimum atomic E-state index is -3.62. The van der Waals surface area contributed by atoms with E-state index in [0.29, 0.717) is 0 Å². The van der Waals surface area contributed by atoms with Gasteiger partial charge in [-0.15, -0.1) is 0 Å². The van der Waals surface area contributed by atoms with E-state index < -0.39 is 46.6 Å². The number of halogens is 4. The fraction of sp³-hybridized carbons (Fsp3) is 0.526. The molecule has 4 nitrogen and oxygen atoms in total. The van der Waals surface area contributed by atoms with Gasteiger partial charge in [0, 0.05) is 16.9 Å². The molecule has 1 saturated heterocycles. The first-order valence-corrected chi connectivity index (χ1v) is 8.42. The molecule has 1 aromatic carbocycles. The number of rotatable bonds is 2. The quantitative estimate of drug-likeness (QED) is 0.680. The van der Waals surface area contributed by atoms with E-state index in [1.807, 2.05) is 0 Å². The van der Waals surface area contributed by atoms with E-state index in [1.54, 1.807) is 20.8 Å². The molecule has 27 heavy (non-hydrogen) atoms. The third-order valence-electron chi connectivity index (χ3n) is 4.47. The number of carbonyl (C=O) groups excluding carboxylic acids is 1. The second kappa shape index (κ2) is 6.42. The molecule has 2 N–H and O–H groups in total. The molecule has 0 spiro atoms. The number of benzene rings is 1. The summed E-state index contributed by atoms with van der Waals surface area (Å²) in [5.41, 5.74) is -5.96. The second-order valence-electron chi connectivity index (χ2n) is 8.13. The number of hydrogen-bond donors (Lipinski definition) is 2. The maximum absolute atomic E-state index is 14.8. The van der Waals surface area contributed by atoms with Crippen molar-refractivity contribution in [1.82, 2.24) is 5.32 Å². The molecule has 1 fully saturated rings. The lowest BCUT2D eigenvalue weighted by Gasteiger charge is -2.48. The van der Waals surface area contributed by atoms with Gasteiger partial charge in [0.15, 0.2) is 5.67 Å². The lowest BCUT2D eigenvalue weighted by atomic mass is 9.75. The summed E-state index contributed by atoms with van der Waals surface area (Å²) in [6.45, 7) is 10.5. The molecule has 0 unspecified atom stereocenters. The van der Waals surface area contributed by atoms with Gasteiger partial charge in [-0.2, -0.15) is 0 Å². The molecule has 0 saturated carbocycles. The predicted molar refractivity (Wildman–Crippen MR) is 95.0 cm³/mol. The second-order valence-corrected chi connectivity index (χ2v) is 8.13. The van der Waals surface area contributed by atoms with Gasteiger partial charge in [0.2, 0.25) is 0 Å². The average Bonchev–Trinajstić information content (AvgIpc) is 2.44. The highest BCUT2D eigenvalue weighted by atomic mass is 19.3. The standard InChI is InChI=1S/C19H24F4N2O2/c1-11-17(5,21)10-19(22,23)18(6,25-11)13-9-12(7-8-14(13)20)24-15(26)27-16(2,3)4/h7-9,25H,1,10H2,2-6H3,(H,24,26)/t17-,18+/m0/s1. The van der Waals surface area contributed by atoms with E-state index in [9.17, 15) is 22.4 Å². The van der Waals surface area contributed by atoms with E-state index in [-0.39, 0.29) is 11.4 Å². The third kappa shape index (κ3) is 4.20. The molecule has 0 aromatic heterocycles. The van der Waals surface area contributed by atoms with Crippen LogP contribution >= 0.6 is 0 Å². The fourth-order valence-corrected chi connectivity index (χ4v) is 2.90. The van der Waals surface area contributed by atoms with Crippen LogP contribution in [-0.4, -0.2) is 23.3 Å². The smallest absolute Gasteiger partial charge is 0.412 e. The number of carbonyl (C=O) groups is 1. The van der Waals surface area contributed by atoms with Crippen LogP contribution in [0.25, 0.3) is 0 Å². The third-order valence-corrected chi connectivity index (χ3v) is 4.47. The first-order valence-electron chi connectivity index (χ1n) is 8.42. The van der Waals surface area contributed by atoms with E-state index in [0.717, 1.165) is 26.0 Å². The lowest BCUT2D eigenvalue weighted by Crippen LogP contribution is -2.62. The Labute approximate surface area is 156 Å². The number of allylic oxidation sites excluding steroid dienone is 1. The molecule has 0 radical (unpaired) electrons. The van der Waals surface area contributed by atoms with Crippen LogP contribution in [0.2, 0.25) is 0 Å². The Morgan fingerprint density at radius 1 is 1.26 bits per heavy atom. The van der Waals surface area contributed by atoms with Gasteiger partial charge < -0.3 is 10.1 Å². The molecule has 1 aromatic rings. The van der Waals surface area contributed by atoms with E-state index >= 15 is 0 Å². The fourth-order valence-electron chi connectivity index (χ4n) is 2.90. The molecule has 1 heterocycles. The summed E-state index contributed by atoms with van der Waals surface area (Å²) >= 11 is 0. The zero-order chi connectivity index (χ0) is 20.8. The van der Waals surface area contributed by atoms with Crippen molar-refractivity contribution in [1.29, 1.82) is 0 Å². The van der Waals surface area contributed by atoms with Gasteiger partial charge in [-0.25, -0.2) is 22.4 Å². The monoisotopic (exact) mass is 388 g/mol. The van der Waals surface area contributed by atoms with Gasteiger partial charge in [0.05, 0.1) is 6.42 Å². The number of nitrogens with one attached hydrogen (secondary N) is 2. The van der Waals surface area contributed by atoms with Gasteiger partial charge in [-0.1, -0.05) is 6.58 Å². The van der Waals surface area contributed by atoms with Crippen molar-refractivity contribution in [2.75, 3.05) is 5.32 Å². The van der Waals surface area contributed by atoms with E-state index in [2.05, 4.69) is 17.2 Å². The normalized spacial score (nSPS) is 27.7. The van der Waals surface area contributed by atoms with Crippen LogP contribution in [-0.2, 0) is 10.3 Å². The Morgan fingerprint density at radius 2 is 1.85 bits per heavy atom. The van der Waals surface area contributed by atoms with Crippen LogP contribution in [0.15, 0.2) is 30.5 Å². The number of alkyl halides is 3. The van der Waals surface area contributed by atoms with Gasteiger partial charge in [0.25, 0.3) is 5.92 Å². The molecule has 1 aliphatic heterocycles. The molecule has 8 heteroatoms. The molecule has 150 valence electrons. The number of anilines is 1. The minimum Gasteiger partial charge on any atom is -0.444 e. The Hall–Kier alpha value is -2.25. The van der Waals surface area contributed by atoms with Crippen LogP contribution in [0.3, 0.4) is 0 Å². The van der Waals surface area contributed by atoms with Crippen molar-refractivity contribution in [3.63, 3.8) is 0 Å². The van der Waals surface area contributed by atoms with E-state index in [1.165, 1.54) is 6.07 Å². The van der Waals surface area contributed by atoms with E-state index in [4.69, 9.17) is 4.74 Å². The summed E-state index contributed by atoms with van der Waals surface area (Å²) in [6, 6.07) is 3.26. The molecule has 0 aliphatic carbocycles. The Bertz CT molecular complexity index is 771. The van der Waals surface area contributed by atoms with Crippen molar-refractivity contribution >= 4 is 11.8 Å². The maximum atomic E-state index is 14.8. The highest BCUT2D eigenvalue weighted by Crippen LogP contribution is 2.50. The minimum absolute atomic E-state index is 0.0682. The van der Waals surface area contributed by atoms with Gasteiger partial charge in [-0.3, -0.25) is 5.32 Å². The molecule has 1 amide bonds. The predicted octanol–water partition coefficient (Wildman–Crippen LogP) is 5.26. The molecule has 0 bridgehead atoms. The molecule has 2 atom stereocenters. The largest absolute Gasteiger partial charge is 0.444 e. The first-order chi connectivity index (χ1) is 12.1. The molecule has 1 aliphatic rings. The number of ether oxygens (including phenoxy) is 1. The lowest BCUT2D eigenvalue weighted by molar-refractivity contribution is -0.136. The summed E-state index contributed by atoms with van der Waals surface area (Å²) in [5.74, 6) is -4.54. The van der Waals surface area contributed by atoms with Crippen molar-refractivity contribution in [2.45, 2.75) is 63.8 Å². The highest BCUT2D eigenvalue weighted by molar-refractivity contribution is 5.85. The topological polar surface area (TPSA) is 50.4 Å². The zero-order valence-electron chi connectivity index (χ0n) is 16.0. The SMILES string of the molecule is C=C1N[C@](C)(c2cc(NC(=O)OC(C)(C)C)ccc2F)C(F)(F)C[C@]1(C)F. The number of hydrogen-bond acceptors (Lipinski definition) is 3. The van der Waals surface area contributed by atoms with Crippen LogP contribution in [0.1, 0.15) is 46.6 Å². The molecular formula is C19H24F4N2O2. The van der Waals surface area contributed by atoms with Gasteiger partial charge in [-0.05, 0) is 52.8 Å². The summed E-state index contributed by atoms with van der Waals surface area (Å²) in [6.07, 6.45) is -1.96. The van der Waals surface area contributed by atoms with Crippen LogP contribution in [0, 0.1) is 5.82 Å². The highest BCUT2D eigenvalue weighted by Gasteiger charge is 2.61. The first kappa shape index (κ1) is 21.1. The summed E-state index contributed by atoms with van der Waals surface area (Å²) in [7, 11) is 0. The van der Waals surface area contributed by atoms with Crippen molar-refractivity contribution < 1.29 is 27.1 Å². The Morgan fingerprint density at radius 3 is 2.41 bits per heavy atom. The van der Waals surface area contributed by atoms with Crippen LogP contribution < -0.4 is 10.6 Å². The van der Waals surface area contributed by atoms with Crippen LogP contribution in [0.5, 0.6) is 0 Å². The number of piperidine rings is 1. The summed E-state index contributed by atoms with van der Waals surface area (Å²) in [4.78, 5) is 11.9. The van der Waals surface area contributed by atoms with Crippen molar-refractivity contribution in [2.24, 2.45) is 0 Å². The summed E-state index contributed by atoms with van der Waals surface area (Å²) in [5, 5.41) is 4.73. The maximum Gasteiger partial charge on any atom is 0.412 e. The molecule has 2 rings (SSSR count). The zero-order valence-corrected chi connectivity index (χ0v) is 16.0. The number of amides is 1. The van der Waals surface area contributed by atoms with Crippen LogP contribution in [0.4, 0.5) is 28.0 Å². The van der Waals surface area contributed by atoms with Gasteiger partial charge in [0.1, 0.15) is 17.0 Å². The van der Waals surface area contributed by atoms with Crippen molar-refractivity contribution in [3.8, 4) is 0 Å². The Balaban J connectivity index is 2.40. The molecular weight excluding hydrogens is 364 g/mol. The van der Waals surface area contributed by atoms with Gasteiger partial charge >= 0.3 is 6.09 Å². The van der Waals surface area contributed by atoms with Crippen molar-refractivity contribution in [3.05, 3.63) is 41.9 Å².